The van der Waals surface area contributed by atoms with E-state index in [1.807, 2.05) is 0 Å². The fourth-order valence-corrected chi connectivity index (χ4v) is 1.13. The van der Waals surface area contributed by atoms with E-state index in [9.17, 15) is 18.0 Å². The predicted octanol–water partition coefficient (Wildman–Crippen LogP) is 3.01. The molecule has 0 saturated carbocycles. The van der Waals surface area contributed by atoms with Gasteiger partial charge in [-0.05, 0) is 18.6 Å². The van der Waals surface area contributed by atoms with Gasteiger partial charge in [0.2, 0.25) is 0 Å². The number of nitrogens with zero attached hydrogens (tertiary/aromatic N) is 1. The van der Waals surface area contributed by atoms with Crippen LogP contribution in [0.4, 0.5) is 19.0 Å². The van der Waals surface area contributed by atoms with Crippen molar-refractivity contribution < 1.29 is 18.0 Å². The van der Waals surface area contributed by atoms with Crippen molar-refractivity contribution in [2.45, 2.75) is 13.1 Å². The number of aryl methyl sites for hydroxylation is 1. The molecule has 0 fully saturated rings. The van der Waals surface area contributed by atoms with Crippen LogP contribution in [-0.2, 0) is 4.79 Å². The summed E-state index contributed by atoms with van der Waals surface area (Å²) in [6.45, 7) is 1.71. The second-order valence-corrected chi connectivity index (χ2v) is 3.54. The van der Waals surface area contributed by atoms with Gasteiger partial charge < -0.3 is 5.32 Å². The number of aromatic nitrogens is 1. The van der Waals surface area contributed by atoms with Crippen molar-refractivity contribution in [2.75, 3.05) is 5.32 Å². The van der Waals surface area contributed by atoms with E-state index in [1.54, 1.807) is 19.1 Å². The molecular formula is C10H8ClF3N2O. The third-order valence-corrected chi connectivity index (χ3v) is 2.10. The summed E-state index contributed by atoms with van der Waals surface area (Å²) in [6, 6.07) is 3.38. The third-order valence-electron chi connectivity index (χ3n) is 1.82. The summed E-state index contributed by atoms with van der Waals surface area (Å²) < 4.78 is 36.0. The van der Waals surface area contributed by atoms with Crippen LogP contribution in [0.15, 0.2) is 29.6 Å². The first-order chi connectivity index (χ1) is 7.82. The van der Waals surface area contributed by atoms with Gasteiger partial charge in [0.05, 0.1) is 0 Å². The van der Waals surface area contributed by atoms with Gasteiger partial charge in [0.1, 0.15) is 10.9 Å². The highest BCUT2D eigenvalue weighted by Gasteiger charge is 2.40. The number of allylic oxidation sites excluding steroid dienone is 1. The number of anilines is 1. The average Bonchev–Trinajstić information content (AvgIpc) is 2.25. The lowest BCUT2D eigenvalue weighted by molar-refractivity contribution is -0.165. The maximum atomic E-state index is 12.0. The number of hydrogen-bond donors (Lipinski definition) is 1. The molecule has 1 aromatic heterocycles. The quantitative estimate of drug-likeness (QED) is 0.854. The van der Waals surface area contributed by atoms with E-state index < -0.39 is 17.0 Å². The zero-order valence-corrected chi connectivity index (χ0v) is 9.43. The first kappa shape index (κ1) is 13.5. The van der Waals surface area contributed by atoms with E-state index in [2.05, 4.69) is 10.3 Å². The zero-order chi connectivity index (χ0) is 13.1. The number of rotatable bonds is 3. The van der Waals surface area contributed by atoms with Gasteiger partial charge in [0.15, 0.2) is 0 Å². The maximum Gasteiger partial charge on any atom is 0.455 e. The Labute approximate surface area is 100 Å². The van der Waals surface area contributed by atoms with E-state index in [0.717, 1.165) is 6.20 Å². The second-order valence-electron chi connectivity index (χ2n) is 3.13. The van der Waals surface area contributed by atoms with E-state index in [4.69, 9.17) is 11.6 Å². The molecule has 0 amide bonds. The number of Topliss-reactive ketones (excluding diaryl/α,β-unsaturated/α-hetero) is 1. The van der Waals surface area contributed by atoms with Gasteiger partial charge in [0, 0.05) is 12.4 Å². The summed E-state index contributed by atoms with van der Waals surface area (Å²) in [6.07, 6.45) is -2.75. The van der Waals surface area contributed by atoms with Crippen LogP contribution in [0.5, 0.6) is 0 Å². The number of ketones is 1. The lowest BCUT2D eigenvalue weighted by Crippen LogP contribution is -2.23. The maximum absolute atomic E-state index is 12.0. The number of halogens is 4. The van der Waals surface area contributed by atoms with Crippen molar-refractivity contribution in [3.8, 4) is 0 Å². The highest BCUT2D eigenvalue weighted by molar-refractivity contribution is 6.43. The molecule has 1 heterocycles. The standard InChI is InChI=1S/C10H8ClF3N2O/c1-6-3-2-4-15-9(6)16-5-7(11)8(17)10(12,13)14/h2-5H,1H3,(H,15,16)/b7-5-. The van der Waals surface area contributed by atoms with Crippen molar-refractivity contribution >= 4 is 23.2 Å². The lowest BCUT2D eigenvalue weighted by atomic mass is 10.3. The third kappa shape index (κ3) is 3.74. The molecule has 0 unspecified atom stereocenters. The molecule has 0 saturated heterocycles. The number of carbonyl (C=O) groups excluding carboxylic acids is 1. The van der Waals surface area contributed by atoms with Gasteiger partial charge in [0.25, 0.3) is 5.78 Å². The number of hydrogen-bond acceptors (Lipinski definition) is 3. The Kier molecular flexibility index (Phi) is 4.11. The molecule has 1 N–H and O–H groups in total. The molecule has 0 radical (unpaired) electrons. The van der Waals surface area contributed by atoms with Crippen LogP contribution in [0.3, 0.4) is 0 Å². The number of alkyl halides is 3. The molecule has 0 aromatic carbocycles. The smallest absolute Gasteiger partial charge is 0.345 e. The SMILES string of the molecule is Cc1cccnc1N/C=C(\Cl)C(=O)C(F)(F)F. The predicted molar refractivity (Wildman–Crippen MR) is 57.6 cm³/mol. The Morgan fingerprint density at radius 1 is 1.53 bits per heavy atom. The lowest BCUT2D eigenvalue weighted by Gasteiger charge is -2.05. The summed E-state index contributed by atoms with van der Waals surface area (Å²) in [5, 5.41) is 1.50. The monoisotopic (exact) mass is 264 g/mol. The molecule has 0 aliphatic heterocycles. The summed E-state index contributed by atoms with van der Waals surface area (Å²) in [5.41, 5.74) is 0.715. The Balaban J connectivity index is 2.79. The molecule has 0 atom stereocenters. The molecule has 7 heteroatoms. The first-order valence-corrected chi connectivity index (χ1v) is 4.85. The van der Waals surface area contributed by atoms with Gasteiger partial charge in [-0.3, -0.25) is 4.79 Å². The summed E-state index contributed by atoms with van der Waals surface area (Å²) in [5.74, 6) is -1.76. The Hall–Kier alpha value is -1.56. The highest BCUT2D eigenvalue weighted by atomic mass is 35.5. The van der Waals surface area contributed by atoms with Crippen molar-refractivity contribution in [3.63, 3.8) is 0 Å². The zero-order valence-electron chi connectivity index (χ0n) is 8.68. The van der Waals surface area contributed by atoms with Gasteiger partial charge >= 0.3 is 6.18 Å². The number of pyridine rings is 1. The summed E-state index contributed by atoms with van der Waals surface area (Å²) >= 11 is 5.22. The van der Waals surface area contributed by atoms with E-state index in [1.165, 1.54) is 6.20 Å². The summed E-state index contributed by atoms with van der Waals surface area (Å²) in [4.78, 5) is 14.5. The van der Waals surface area contributed by atoms with Crippen LogP contribution in [0.2, 0.25) is 0 Å². The second kappa shape index (κ2) is 5.18. The highest BCUT2D eigenvalue weighted by Crippen LogP contribution is 2.22. The molecule has 1 aromatic rings. The van der Waals surface area contributed by atoms with Crippen molar-refractivity contribution in [1.82, 2.24) is 4.98 Å². The molecule has 1 rings (SSSR count). The van der Waals surface area contributed by atoms with Crippen LogP contribution in [-0.4, -0.2) is 16.9 Å². The Morgan fingerprint density at radius 2 is 2.18 bits per heavy atom. The van der Waals surface area contributed by atoms with Crippen LogP contribution in [0.1, 0.15) is 5.56 Å². The van der Waals surface area contributed by atoms with Crippen molar-refractivity contribution in [1.29, 1.82) is 0 Å². The van der Waals surface area contributed by atoms with Crippen LogP contribution in [0.25, 0.3) is 0 Å². The van der Waals surface area contributed by atoms with E-state index in [-0.39, 0.29) is 0 Å². The van der Waals surface area contributed by atoms with E-state index in [0.29, 0.717) is 11.4 Å². The minimum atomic E-state index is -4.98. The fourth-order valence-electron chi connectivity index (χ4n) is 0.969. The van der Waals surface area contributed by atoms with Crippen molar-refractivity contribution in [3.05, 3.63) is 35.1 Å². The molecular weight excluding hydrogens is 257 g/mol. The summed E-state index contributed by atoms with van der Waals surface area (Å²) in [7, 11) is 0. The molecule has 92 valence electrons. The fraction of sp³-hybridized carbons (Fsp3) is 0.200. The van der Waals surface area contributed by atoms with Crippen LogP contribution >= 0.6 is 11.6 Å². The topological polar surface area (TPSA) is 42.0 Å². The molecule has 3 nitrogen and oxygen atoms in total. The number of nitrogens with one attached hydrogen (secondary N) is 1. The van der Waals surface area contributed by atoms with Gasteiger partial charge in [-0.2, -0.15) is 13.2 Å². The minimum Gasteiger partial charge on any atom is -0.345 e. The Bertz CT molecular complexity index is 457. The molecule has 0 aliphatic rings. The molecule has 0 spiro atoms. The molecule has 0 aliphatic carbocycles. The Morgan fingerprint density at radius 3 is 2.71 bits per heavy atom. The van der Waals surface area contributed by atoms with Gasteiger partial charge in [-0.15, -0.1) is 0 Å². The van der Waals surface area contributed by atoms with E-state index >= 15 is 0 Å². The van der Waals surface area contributed by atoms with Gasteiger partial charge in [-0.25, -0.2) is 4.98 Å². The first-order valence-electron chi connectivity index (χ1n) is 4.47. The van der Waals surface area contributed by atoms with Crippen LogP contribution < -0.4 is 5.32 Å². The largest absolute Gasteiger partial charge is 0.455 e. The molecule has 0 bridgehead atoms. The number of carbonyl (C=O) groups is 1. The van der Waals surface area contributed by atoms with Crippen molar-refractivity contribution in [2.24, 2.45) is 0 Å². The van der Waals surface area contributed by atoms with Gasteiger partial charge in [-0.1, -0.05) is 17.7 Å². The molecule has 17 heavy (non-hydrogen) atoms. The van der Waals surface area contributed by atoms with Crippen LogP contribution in [0, 0.1) is 6.92 Å². The minimum absolute atomic E-state index is 0.334. The normalized spacial score (nSPS) is 12.4. The average molecular weight is 265 g/mol.